The third-order valence-electron chi connectivity index (χ3n) is 5.87. The molecule has 5 heterocycles. The number of H-pyrrole nitrogens is 1. The first kappa shape index (κ1) is 18.9. The van der Waals surface area contributed by atoms with Gasteiger partial charge in [-0.2, -0.15) is 0 Å². The summed E-state index contributed by atoms with van der Waals surface area (Å²) >= 11 is 1.53. The van der Waals surface area contributed by atoms with Crippen LogP contribution in [-0.2, 0) is 10.4 Å². The van der Waals surface area contributed by atoms with Gasteiger partial charge in [-0.3, -0.25) is 9.78 Å². The highest BCUT2D eigenvalue weighted by Crippen LogP contribution is 2.43. The highest BCUT2D eigenvalue weighted by Gasteiger charge is 2.51. The Labute approximate surface area is 187 Å². The van der Waals surface area contributed by atoms with E-state index in [9.17, 15) is 9.90 Å². The zero-order valence-electron chi connectivity index (χ0n) is 17.0. The Bertz CT molecular complexity index is 1510. The standard InChI is InChI=1S/C24H17N5O2S/c1-29-19-8-4-9-25-20(19)24(31,23(29)30)15-6-2-5-14(11-15)18-13-32-22(28-18)17-12-27-21-16(17)7-3-10-26-21/h2-13,31H,1H3,(H,26,27)/t24-/m0/s1. The van der Waals surface area contributed by atoms with Gasteiger partial charge in [0.25, 0.3) is 5.91 Å². The van der Waals surface area contributed by atoms with Crippen LogP contribution in [0, 0.1) is 0 Å². The van der Waals surface area contributed by atoms with Gasteiger partial charge >= 0.3 is 0 Å². The lowest BCUT2D eigenvalue weighted by Gasteiger charge is -2.22. The van der Waals surface area contributed by atoms with Crippen molar-refractivity contribution in [2.75, 3.05) is 11.9 Å². The van der Waals surface area contributed by atoms with Crippen LogP contribution in [0.4, 0.5) is 5.69 Å². The molecular formula is C24H17N5O2S. The van der Waals surface area contributed by atoms with Crippen LogP contribution in [0.2, 0.25) is 0 Å². The van der Waals surface area contributed by atoms with Crippen molar-refractivity contribution in [3.8, 4) is 21.8 Å². The van der Waals surface area contributed by atoms with Crippen LogP contribution in [0.5, 0.6) is 0 Å². The number of fused-ring (bicyclic) bond motifs is 2. The number of amides is 1. The Morgan fingerprint density at radius 2 is 1.94 bits per heavy atom. The molecule has 5 aromatic rings. The largest absolute Gasteiger partial charge is 0.370 e. The van der Waals surface area contributed by atoms with E-state index in [1.807, 2.05) is 41.9 Å². The number of carbonyl (C=O) groups is 1. The first-order chi connectivity index (χ1) is 15.6. The Hall–Kier alpha value is -3.88. The number of aromatic nitrogens is 4. The number of pyridine rings is 2. The lowest BCUT2D eigenvalue weighted by Crippen LogP contribution is -2.39. The highest BCUT2D eigenvalue weighted by atomic mass is 32.1. The summed E-state index contributed by atoms with van der Waals surface area (Å²) in [5, 5.41) is 15.4. The molecule has 0 saturated heterocycles. The molecule has 1 aromatic carbocycles. The topological polar surface area (TPSA) is 95.0 Å². The number of anilines is 1. The van der Waals surface area contributed by atoms with Gasteiger partial charge in [0.1, 0.15) is 16.3 Å². The maximum Gasteiger partial charge on any atom is 0.269 e. The van der Waals surface area contributed by atoms with Gasteiger partial charge in [-0.1, -0.05) is 18.2 Å². The SMILES string of the molecule is CN1C(=O)[C@](O)(c2cccc(-c3csc(-c4c[nH]c5ncccc45)n3)c2)c2ncccc21. The molecule has 156 valence electrons. The molecule has 8 heteroatoms. The second kappa shape index (κ2) is 6.81. The summed E-state index contributed by atoms with van der Waals surface area (Å²) in [6, 6.07) is 14.8. The van der Waals surface area contributed by atoms with E-state index in [1.165, 1.54) is 16.2 Å². The van der Waals surface area contributed by atoms with Gasteiger partial charge in [0.05, 0.1) is 11.4 Å². The van der Waals surface area contributed by atoms with E-state index < -0.39 is 11.5 Å². The zero-order chi connectivity index (χ0) is 21.9. The average molecular weight is 440 g/mol. The van der Waals surface area contributed by atoms with E-state index in [4.69, 9.17) is 4.98 Å². The molecule has 1 aliphatic heterocycles. The molecule has 7 nitrogen and oxygen atoms in total. The normalized spacial score (nSPS) is 17.8. The second-order valence-corrected chi connectivity index (χ2v) is 8.52. The van der Waals surface area contributed by atoms with E-state index in [1.54, 1.807) is 37.6 Å². The predicted octanol–water partition coefficient (Wildman–Crippen LogP) is 3.96. The Kier molecular flexibility index (Phi) is 4.01. The number of aliphatic hydroxyl groups is 1. The summed E-state index contributed by atoms with van der Waals surface area (Å²) in [5.41, 5.74) is 2.98. The van der Waals surface area contributed by atoms with E-state index >= 15 is 0 Å². The van der Waals surface area contributed by atoms with E-state index in [0.717, 1.165) is 32.9 Å². The fraction of sp³-hybridized carbons (Fsp3) is 0.0833. The van der Waals surface area contributed by atoms with Crippen LogP contribution in [0.15, 0.2) is 72.5 Å². The number of hydrogen-bond acceptors (Lipinski definition) is 6. The van der Waals surface area contributed by atoms with Crippen LogP contribution in [0.25, 0.3) is 32.9 Å². The van der Waals surface area contributed by atoms with Gasteiger partial charge in [0.15, 0.2) is 0 Å². The fourth-order valence-corrected chi connectivity index (χ4v) is 5.09. The van der Waals surface area contributed by atoms with Crippen molar-refractivity contribution in [2.24, 2.45) is 0 Å². The number of likely N-dealkylation sites (N-methyl/N-ethyl adjacent to an activating group) is 1. The van der Waals surface area contributed by atoms with Crippen LogP contribution in [0.3, 0.4) is 0 Å². The molecule has 1 aliphatic rings. The Morgan fingerprint density at radius 1 is 1.09 bits per heavy atom. The maximum absolute atomic E-state index is 13.0. The molecule has 0 radical (unpaired) electrons. The predicted molar refractivity (Wildman–Crippen MR) is 123 cm³/mol. The van der Waals surface area contributed by atoms with Crippen LogP contribution in [-0.4, -0.2) is 38.0 Å². The molecule has 2 N–H and O–H groups in total. The first-order valence-electron chi connectivity index (χ1n) is 10.0. The highest BCUT2D eigenvalue weighted by molar-refractivity contribution is 7.13. The molecule has 6 rings (SSSR count). The van der Waals surface area contributed by atoms with E-state index in [0.29, 0.717) is 16.9 Å². The van der Waals surface area contributed by atoms with Crippen LogP contribution < -0.4 is 4.90 Å². The summed E-state index contributed by atoms with van der Waals surface area (Å²) in [6.07, 6.45) is 5.25. The van der Waals surface area contributed by atoms with Gasteiger partial charge in [0, 0.05) is 47.5 Å². The molecule has 4 aromatic heterocycles. The number of nitrogens with one attached hydrogen (secondary N) is 1. The lowest BCUT2D eigenvalue weighted by molar-refractivity contribution is -0.132. The third kappa shape index (κ3) is 2.57. The van der Waals surface area contributed by atoms with Crippen LogP contribution >= 0.6 is 11.3 Å². The lowest BCUT2D eigenvalue weighted by atomic mass is 9.89. The Morgan fingerprint density at radius 3 is 2.84 bits per heavy atom. The third-order valence-corrected chi connectivity index (χ3v) is 6.74. The summed E-state index contributed by atoms with van der Waals surface area (Å²) in [4.78, 5) is 31.1. The summed E-state index contributed by atoms with van der Waals surface area (Å²) in [5.74, 6) is -0.423. The number of nitrogens with zero attached hydrogens (tertiary/aromatic N) is 4. The molecule has 1 atom stereocenters. The Balaban J connectivity index is 1.43. The van der Waals surface area contributed by atoms with Gasteiger partial charge < -0.3 is 15.0 Å². The maximum atomic E-state index is 13.0. The molecule has 0 unspecified atom stereocenters. The molecular weight excluding hydrogens is 422 g/mol. The number of rotatable bonds is 3. The minimum absolute atomic E-state index is 0.343. The van der Waals surface area contributed by atoms with Crippen molar-refractivity contribution in [3.05, 3.63) is 83.8 Å². The van der Waals surface area contributed by atoms with Crippen LogP contribution in [0.1, 0.15) is 11.3 Å². The number of carbonyl (C=O) groups excluding carboxylic acids is 1. The van der Waals surface area contributed by atoms with Gasteiger partial charge in [-0.05, 0) is 35.9 Å². The number of thiazole rings is 1. The minimum atomic E-state index is -1.83. The number of hydrogen-bond donors (Lipinski definition) is 2. The van der Waals surface area contributed by atoms with E-state index in [-0.39, 0.29) is 0 Å². The van der Waals surface area contributed by atoms with Gasteiger partial charge in [-0.15, -0.1) is 11.3 Å². The second-order valence-electron chi connectivity index (χ2n) is 7.67. The molecule has 0 saturated carbocycles. The number of aromatic amines is 1. The minimum Gasteiger partial charge on any atom is -0.370 e. The van der Waals surface area contributed by atoms with Crippen molar-refractivity contribution in [3.63, 3.8) is 0 Å². The van der Waals surface area contributed by atoms with Crippen molar-refractivity contribution in [2.45, 2.75) is 5.60 Å². The smallest absolute Gasteiger partial charge is 0.269 e. The first-order valence-corrected chi connectivity index (χ1v) is 10.9. The van der Waals surface area contributed by atoms with Crippen molar-refractivity contribution in [1.29, 1.82) is 0 Å². The monoisotopic (exact) mass is 439 g/mol. The molecule has 0 bridgehead atoms. The number of benzene rings is 1. The fourth-order valence-electron chi connectivity index (χ4n) is 4.23. The molecule has 1 amide bonds. The molecule has 0 spiro atoms. The van der Waals surface area contributed by atoms with Crippen molar-refractivity contribution in [1.82, 2.24) is 19.9 Å². The summed E-state index contributed by atoms with van der Waals surface area (Å²) in [6.45, 7) is 0. The molecule has 0 aliphatic carbocycles. The van der Waals surface area contributed by atoms with E-state index in [2.05, 4.69) is 15.0 Å². The molecule has 0 fully saturated rings. The van der Waals surface area contributed by atoms with Gasteiger partial charge in [0.2, 0.25) is 5.60 Å². The van der Waals surface area contributed by atoms with Crippen molar-refractivity contribution < 1.29 is 9.90 Å². The molecule has 32 heavy (non-hydrogen) atoms. The summed E-state index contributed by atoms with van der Waals surface area (Å²) in [7, 11) is 1.65. The quantitative estimate of drug-likeness (QED) is 0.444. The zero-order valence-corrected chi connectivity index (χ0v) is 17.8. The average Bonchev–Trinajstić information content (AvgIpc) is 3.53. The van der Waals surface area contributed by atoms with Crippen molar-refractivity contribution >= 4 is 34.0 Å². The summed E-state index contributed by atoms with van der Waals surface area (Å²) < 4.78 is 0. The van der Waals surface area contributed by atoms with Gasteiger partial charge in [-0.25, -0.2) is 9.97 Å².